The van der Waals surface area contributed by atoms with Crippen LogP contribution < -0.4 is 4.90 Å². The Morgan fingerprint density at radius 1 is 1.29 bits per heavy atom. The largest absolute Gasteiger partial charge is 0.464 e. The summed E-state index contributed by atoms with van der Waals surface area (Å²) in [5.41, 5.74) is 0.240. The monoisotopic (exact) mass is 277 g/mol. The van der Waals surface area contributed by atoms with Crippen molar-refractivity contribution >= 4 is 44.1 Å². The molecule has 0 aliphatic heterocycles. The fourth-order valence-electron chi connectivity index (χ4n) is 0.877. The van der Waals surface area contributed by atoms with E-state index in [1.54, 1.807) is 0 Å². The van der Waals surface area contributed by atoms with E-state index in [1.807, 2.05) is 0 Å². The number of halogens is 2. The normalized spacial score (nSPS) is 9.57. The average molecular weight is 278 g/mol. The highest BCUT2D eigenvalue weighted by atomic mass is 79.9. The topological polar surface area (TPSA) is 57.6 Å². The molecule has 4 nitrogen and oxygen atoms in total. The summed E-state index contributed by atoms with van der Waals surface area (Å²) in [5.74, 6) is 0. The smallest absolute Gasteiger partial charge is 0.419 e. The number of amides is 2. The third-order valence-electron chi connectivity index (χ3n) is 1.45. The molecule has 1 aromatic rings. The molecule has 6 heteroatoms. The lowest BCUT2D eigenvalue weighted by Crippen LogP contribution is -2.31. The Labute approximate surface area is 93.2 Å². The maximum absolute atomic E-state index is 10.9. The van der Waals surface area contributed by atoms with E-state index in [0.717, 1.165) is 0 Å². The molecule has 0 unspecified atom stereocenters. The number of nitrogens with zero attached hydrogens (tertiary/aromatic N) is 1. The molecule has 0 atom stereocenters. The third-order valence-corrected chi connectivity index (χ3v) is 2.06. The van der Waals surface area contributed by atoms with Crippen LogP contribution in [0.1, 0.15) is 0 Å². The van der Waals surface area contributed by atoms with Gasteiger partial charge in [0.15, 0.2) is 0 Å². The zero-order valence-corrected chi connectivity index (χ0v) is 9.12. The van der Waals surface area contributed by atoms with E-state index >= 15 is 0 Å². The van der Waals surface area contributed by atoms with Crippen molar-refractivity contribution in [1.29, 1.82) is 0 Å². The summed E-state index contributed by atoms with van der Waals surface area (Å²) in [4.78, 5) is 21.4. The molecule has 1 rings (SSSR count). The minimum atomic E-state index is -1.35. The van der Waals surface area contributed by atoms with Crippen LogP contribution in [0.3, 0.4) is 0 Å². The van der Waals surface area contributed by atoms with Gasteiger partial charge in [-0.25, -0.2) is 9.69 Å². The van der Waals surface area contributed by atoms with Gasteiger partial charge in [-0.05, 0) is 24.3 Å². The van der Waals surface area contributed by atoms with E-state index in [1.165, 1.54) is 24.3 Å². The molecule has 0 aliphatic carbocycles. The van der Waals surface area contributed by atoms with Gasteiger partial charge in [0, 0.05) is 21.0 Å². The molecule has 0 fully saturated rings. The summed E-state index contributed by atoms with van der Waals surface area (Å²) in [5, 5.41) is 9.18. The molecule has 14 heavy (non-hydrogen) atoms. The Morgan fingerprint density at radius 3 is 2.14 bits per heavy atom. The van der Waals surface area contributed by atoms with Gasteiger partial charge < -0.3 is 5.11 Å². The van der Waals surface area contributed by atoms with Gasteiger partial charge in [-0.15, -0.1) is 0 Å². The lowest BCUT2D eigenvalue weighted by atomic mass is 10.3. The van der Waals surface area contributed by atoms with Crippen molar-refractivity contribution in [2.24, 2.45) is 0 Å². The predicted octanol–water partition coefficient (Wildman–Crippen LogP) is 3.34. The Morgan fingerprint density at radius 2 is 1.79 bits per heavy atom. The SMILES string of the molecule is O=C(O)N(C(=O)Br)c1ccc(Cl)cc1. The molecule has 1 aromatic carbocycles. The molecule has 1 N–H and O–H groups in total. The highest BCUT2D eigenvalue weighted by Gasteiger charge is 2.19. The predicted molar refractivity (Wildman–Crippen MR) is 56.3 cm³/mol. The summed E-state index contributed by atoms with van der Waals surface area (Å²) in [6.07, 6.45) is -1.35. The van der Waals surface area contributed by atoms with Crippen LogP contribution in [0.15, 0.2) is 24.3 Å². The lowest BCUT2D eigenvalue weighted by Gasteiger charge is -2.13. The number of carbonyl (C=O) groups excluding carboxylic acids is 1. The summed E-state index contributed by atoms with van der Waals surface area (Å²) in [6.45, 7) is 0. The second-order valence-electron chi connectivity index (χ2n) is 2.35. The van der Waals surface area contributed by atoms with Gasteiger partial charge in [0.1, 0.15) is 0 Å². The van der Waals surface area contributed by atoms with E-state index in [4.69, 9.17) is 16.7 Å². The minimum absolute atomic E-state index is 0.240. The number of carbonyl (C=O) groups is 2. The van der Waals surface area contributed by atoms with Crippen molar-refractivity contribution in [2.75, 3.05) is 4.90 Å². The van der Waals surface area contributed by atoms with Crippen LogP contribution in [-0.4, -0.2) is 16.0 Å². The van der Waals surface area contributed by atoms with Crippen LogP contribution in [0.25, 0.3) is 0 Å². The van der Waals surface area contributed by atoms with Gasteiger partial charge in [0.2, 0.25) is 0 Å². The summed E-state index contributed by atoms with van der Waals surface area (Å²) in [7, 11) is 0. The Kier molecular flexibility index (Phi) is 3.49. The molecule has 0 bridgehead atoms. The fraction of sp³-hybridized carbons (Fsp3) is 0. The number of hydrogen-bond donors (Lipinski definition) is 1. The highest BCUT2D eigenvalue weighted by Crippen LogP contribution is 2.19. The number of hydrogen-bond acceptors (Lipinski definition) is 2. The van der Waals surface area contributed by atoms with Crippen LogP contribution in [0.2, 0.25) is 5.02 Å². The summed E-state index contributed by atoms with van der Waals surface area (Å²) in [6, 6.07) is 5.89. The first-order chi connectivity index (χ1) is 6.52. The molecule has 0 aliphatic rings. The molecular formula is C8H5BrClNO3. The van der Waals surface area contributed by atoms with E-state index in [2.05, 4.69) is 15.9 Å². The van der Waals surface area contributed by atoms with E-state index in [9.17, 15) is 9.59 Å². The van der Waals surface area contributed by atoms with E-state index in [0.29, 0.717) is 9.92 Å². The van der Waals surface area contributed by atoms with Gasteiger partial charge in [-0.2, -0.15) is 0 Å². The van der Waals surface area contributed by atoms with Crippen LogP contribution in [0, 0.1) is 0 Å². The standard InChI is InChI=1S/C8H5BrClNO3/c9-7(12)11(8(13)14)6-3-1-5(10)2-4-6/h1-4H,(H,13,14). The zero-order chi connectivity index (χ0) is 10.7. The van der Waals surface area contributed by atoms with Gasteiger partial charge >= 0.3 is 10.9 Å². The van der Waals surface area contributed by atoms with Crippen molar-refractivity contribution in [3.8, 4) is 0 Å². The van der Waals surface area contributed by atoms with Crippen molar-refractivity contribution < 1.29 is 14.7 Å². The van der Waals surface area contributed by atoms with Gasteiger partial charge in [-0.3, -0.25) is 4.79 Å². The van der Waals surface area contributed by atoms with Gasteiger partial charge in [0.25, 0.3) is 0 Å². The van der Waals surface area contributed by atoms with Crippen molar-refractivity contribution in [3.63, 3.8) is 0 Å². The number of carboxylic acid groups (broad SMARTS) is 1. The molecular weight excluding hydrogens is 273 g/mol. The average Bonchev–Trinajstić information content (AvgIpc) is 2.07. The Hall–Kier alpha value is -1.07. The Bertz CT molecular complexity index is 351. The second-order valence-corrected chi connectivity index (χ2v) is 3.46. The molecule has 0 saturated carbocycles. The third kappa shape index (κ3) is 2.46. The number of imide groups is 1. The summed E-state index contributed by atoms with van der Waals surface area (Å²) < 4.78 is 0. The molecule has 0 radical (unpaired) electrons. The maximum atomic E-state index is 10.9. The number of anilines is 1. The van der Waals surface area contributed by atoms with Crippen LogP contribution in [-0.2, 0) is 0 Å². The van der Waals surface area contributed by atoms with Gasteiger partial charge in [0.05, 0.1) is 5.69 Å². The number of rotatable bonds is 1. The quantitative estimate of drug-likeness (QED) is 0.633. The van der Waals surface area contributed by atoms with Crippen LogP contribution in [0.4, 0.5) is 15.3 Å². The zero-order valence-electron chi connectivity index (χ0n) is 6.78. The first-order valence-electron chi connectivity index (χ1n) is 3.50. The van der Waals surface area contributed by atoms with Crippen molar-refractivity contribution in [3.05, 3.63) is 29.3 Å². The maximum Gasteiger partial charge on any atom is 0.419 e. The van der Waals surface area contributed by atoms with E-state index in [-0.39, 0.29) is 5.69 Å². The molecule has 74 valence electrons. The number of benzene rings is 1. The molecule has 0 spiro atoms. The van der Waals surface area contributed by atoms with Crippen LogP contribution in [0.5, 0.6) is 0 Å². The minimum Gasteiger partial charge on any atom is -0.464 e. The highest BCUT2D eigenvalue weighted by molar-refractivity contribution is 9.18. The van der Waals surface area contributed by atoms with Crippen LogP contribution >= 0.6 is 27.5 Å². The first kappa shape index (κ1) is 11.0. The van der Waals surface area contributed by atoms with Crippen molar-refractivity contribution in [1.82, 2.24) is 0 Å². The summed E-state index contributed by atoms with van der Waals surface area (Å²) >= 11 is 8.18. The van der Waals surface area contributed by atoms with E-state index < -0.39 is 10.9 Å². The lowest BCUT2D eigenvalue weighted by molar-refractivity contribution is 0.202. The molecule has 2 amide bonds. The van der Waals surface area contributed by atoms with Gasteiger partial charge in [-0.1, -0.05) is 11.6 Å². The first-order valence-corrected chi connectivity index (χ1v) is 4.67. The second kappa shape index (κ2) is 4.43. The molecule has 0 aromatic heterocycles. The fourth-order valence-corrected chi connectivity index (χ4v) is 1.36. The Balaban J connectivity index is 3.06. The van der Waals surface area contributed by atoms with Crippen molar-refractivity contribution in [2.45, 2.75) is 0 Å². The molecule has 0 saturated heterocycles. The molecule has 0 heterocycles.